The molecule has 0 atom stereocenters. The molecular formula is C17H17NO4S. The minimum Gasteiger partial charge on any atom is -0.450 e. The molecule has 0 fully saturated rings. The topological polar surface area (TPSA) is 76.4 Å². The van der Waals surface area contributed by atoms with E-state index in [9.17, 15) is 13.2 Å². The number of aryl methyl sites for hydroxylation is 1. The molecule has 0 spiro atoms. The summed E-state index contributed by atoms with van der Waals surface area (Å²) in [5.74, 6) is -0.266. The van der Waals surface area contributed by atoms with Crippen molar-refractivity contribution in [1.29, 1.82) is 0 Å². The number of hydrogen-bond donors (Lipinski definition) is 1. The van der Waals surface area contributed by atoms with Crippen molar-refractivity contribution in [2.75, 3.05) is 18.6 Å². The van der Waals surface area contributed by atoms with E-state index >= 15 is 0 Å². The highest BCUT2D eigenvalue weighted by atomic mass is 32.2. The van der Waals surface area contributed by atoms with E-state index in [1.165, 1.54) is 0 Å². The summed E-state index contributed by atoms with van der Waals surface area (Å²) in [5, 5.41) is 5.47. The van der Waals surface area contributed by atoms with E-state index in [2.05, 4.69) is 5.32 Å². The Morgan fingerprint density at radius 2 is 1.87 bits per heavy atom. The molecule has 23 heavy (non-hydrogen) atoms. The maximum atomic E-state index is 12.3. The molecule has 0 saturated carbocycles. The molecule has 2 aromatic carbocycles. The summed E-state index contributed by atoms with van der Waals surface area (Å²) in [4.78, 5) is 12.3. The number of hydrogen-bond acceptors (Lipinski definition) is 4. The van der Waals surface area contributed by atoms with Crippen molar-refractivity contribution in [2.45, 2.75) is 6.92 Å². The van der Waals surface area contributed by atoms with Crippen LogP contribution < -0.4 is 5.32 Å². The van der Waals surface area contributed by atoms with E-state index in [1.54, 1.807) is 0 Å². The first-order chi connectivity index (χ1) is 10.9. The summed E-state index contributed by atoms with van der Waals surface area (Å²) < 4.78 is 28.1. The van der Waals surface area contributed by atoms with Gasteiger partial charge < -0.3 is 9.73 Å². The molecule has 1 heterocycles. The van der Waals surface area contributed by atoms with Crippen molar-refractivity contribution in [2.24, 2.45) is 0 Å². The normalized spacial score (nSPS) is 11.9. The number of nitrogens with one attached hydrogen (secondary N) is 1. The largest absolute Gasteiger partial charge is 0.450 e. The minimum absolute atomic E-state index is 0.0644. The molecule has 1 N–H and O–H groups in total. The van der Waals surface area contributed by atoms with Gasteiger partial charge >= 0.3 is 0 Å². The molecule has 1 amide bonds. The van der Waals surface area contributed by atoms with Crippen LogP contribution in [-0.2, 0) is 9.84 Å². The molecule has 120 valence electrons. The van der Waals surface area contributed by atoms with Crippen LogP contribution >= 0.6 is 0 Å². The van der Waals surface area contributed by atoms with Crippen LogP contribution in [0.5, 0.6) is 0 Å². The maximum Gasteiger partial charge on any atom is 0.287 e. The Labute approximate surface area is 134 Å². The Morgan fingerprint density at radius 1 is 1.13 bits per heavy atom. The van der Waals surface area contributed by atoms with Crippen molar-refractivity contribution in [3.05, 3.63) is 47.7 Å². The molecule has 0 saturated heterocycles. The maximum absolute atomic E-state index is 12.3. The summed E-state index contributed by atoms with van der Waals surface area (Å²) in [6.45, 7) is 1.89. The van der Waals surface area contributed by atoms with Gasteiger partial charge in [-0.1, -0.05) is 36.4 Å². The van der Waals surface area contributed by atoms with E-state index in [0.29, 0.717) is 5.58 Å². The van der Waals surface area contributed by atoms with Crippen LogP contribution in [0.4, 0.5) is 0 Å². The number of benzene rings is 2. The molecule has 1 aromatic heterocycles. The van der Waals surface area contributed by atoms with E-state index in [-0.39, 0.29) is 18.1 Å². The molecule has 0 radical (unpaired) electrons. The Balaban J connectivity index is 1.97. The van der Waals surface area contributed by atoms with Crippen LogP contribution in [0.1, 0.15) is 16.1 Å². The molecule has 3 aromatic rings. The number of fused-ring (bicyclic) bond motifs is 3. The first-order valence-electron chi connectivity index (χ1n) is 7.23. The Morgan fingerprint density at radius 3 is 2.61 bits per heavy atom. The zero-order valence-corrected chi connectivity index (χ0v) is 13.7. The molecule has 6 heteroatoms. The van der Waals surface area contributed by atoms with Gasteiger partial charge in [0.05, 0.1) is 5.75 Å². The second-order valence-electron chi connectivity index (χ2n) is 5.61. The molecule has 3 rings (SSSR count). The predicted octanol–water partition coefficient (Wildman–Crippen LogP) is 2.67. The third-order valence-corrected chi connectivity index (χ3v) is 4.74. The summed E-state index contributed by atoms with van der Waals surface area (Å²) >= 11 is 0. The van der Waals surface area contributed by atoms with Crippen molar-refractivity contribution in [3.63, 3.8) is 0 Å². The van der Waals surface area contributed by atoms with Crippen LogP contribution in [0.25, 0.3) is 21.7 Å². The second kappa shape index (κ2) is 5.70. The number of carbonyl (C=O) groups is 1. The average Bonchev–Trinajstić information content (AvgIpc) is 2.83. The van der Waals surface area contributed by atoms with Crippen molar-refractivity contribution < 1.29 is 17.6 Å². The zero-order valence-electron chi connectivity index (χ0n) is 12.9. The van der Waals surface area contributed by atoms with Gasteiger partial charge in [-0.25, -0.2) is 8.42 Å². The average molecular weight is 331 g/mol. The van der Waals surface area contributed by atoms with E-state index < -0.39 is 15.7 Å². The van der Waals surface area contributed by atoms with Crippen LogP contribution in [0, 0.1) is 6.92 Å². The van der Waals surface area contributed by atoms with Gasteiger partial charge in [-0.3, -0.25) is 4.79 Å². The summed E-state index contributed by atoms with van der Waals surface area (Å²) in [7, 11) is -3.11. The third kappa shape index (κ3) is 3.07. The first-order valence-corrected chi connectivity index (χ1v) is 9.29. The van der Waals surface area contributed by atoms with E-state index in [1.807, 2.05) is 43.3 Å². The number of sulfone groups is 1. The fraction of sp³-hybridized carbons (Fsp3) is 0.235. The van der Waals surface area contributed by atoms with Gasteiger partial charge in [-0.15, -0.1) is 0 Å². The molecule has 0 aliphatic heterocycles. The molecule has 0 unspecified atom stereocenters. The number of rotatable bonds is 4. The fourth-order valence-electron chi connectivity index (χ4n) is 2.60. The Bertz CT molecular complexity index is 1000. The lowest BCUT2D eigenvalue weighted by molar-refractivity contribution is 0.0930. The third-order valence-electron chi connectivity index (χ3n) is 3.79. The van der Waals surface area contributed by atoms with Crippen LogP contribution in [-0.4, -0.2) is 32.9 Å². The highest BCUT2D eigenvalue weighted by Crippen LogP contribution is 2.31. The van der Waals surface area contributed by atoms with E-state index in [0.717, 1.165) is 28.0 Å². The lowest BCUT2D eigenvalue weighted by Crippen LogP contribution is -2.28. The van der Waals surface area contributed by atoms with Crippen LogP contribution in [0.15, 0.2) is 40.8 Å². The number of carbonyl (C=O) groups excluding carboxylic acids is 1. The first kappa shape index (κ1) is 15.6. The number of furan rings is 1. The van der Waals surface area contributed by atoms with Crippen molar-refractivity contribution in [3.8, 4) is 0 Å². The monoisotopic (exact) mass is 331 g/mol. The van der Waals surface area contributed by atoms with Crippen molar-refractivity contribution in [1.82, 2.24) is 5.32 Å². The van der Waals surface area contributed by atoms with Gasteiger partial charge in [0, 0.05) is 29.1 Å². The minimum atomic E-state index is -3.11. The summed E-state index contributed by atoms with van der Waals surface area (Å²) in [6, 6.07) is 11.7. The van der Waals surface area contributed by atoms with Gasteiger partial charge in [-0.05, 0) is 12.3 Å². The lowest BCUT2D eigenvalue weighted by Gasteiger charge is -2.02. The number of amides is 1. The summed E-state index contributed by atoms with van der Waals surface area (Å²) in [6.07, 6.45) is 1.14. The lowest BCUT2D eigenvalue weighted by atomic mass is 10.1. The molecule has 0 aliphatic carbocycles. The van der Waals surface area contributed by atoms with Gasteiger partial charge in [0.25, 0.3) is 5.91 Å². The molecular weight excluding hydrogens is 314 g/mol. The smallest absolute Gasteiger partial charge is 0.287 e. The van der Waals surface area contributed by atoms with Gasteiger partial charge in [-0.2, -0.15) is 0 Å². The fourth-order valence-corrected chi connectivity index (χ4v) is 3.07. The van der Waals surface area contributed by atoms with Crippen molar-refractivity contribution >= 4 is 37.5 Å². The zero-order chi connectivity index (χ0) is 16.6. The predicted molar refractivity (Wildman–Crippen MR) is 90.5 cm³/mol. The Kier molecular flexibility index (Phi) is 3.85. The second-order valence-corrected chi connectivity index (χ2v) is 7.87. The Hall–Kier alpha value is -2.34. The molecule has 0 bridgehead atoms. The standard InChI is InChI=1S/C17H17NO4S/c1-11-13-8-7-12-5-3-4-6-14(12)16(13)22-15(11)17(19)18-9-10-23(2,20)21/h3-8H,9-10H2,1-2H3,(H,18,19). The molecule has 0 aliphatic rings. The van der Waals surface area contributed by atoms with Gasteiger partial charge in [0.15, 0.2) is 5.76 Å². The van der Waals surface area contributed by atoms with Crippen LogP contribution in [0.3, 0.4) is 0 Å². The quantitative estimate of drug-likeness (QED) is 0.797. The van der Waals surface area contributed by atoms with Crippen LogP contribution in [0.2, 0.25) is 0 Å². The van der Waals surface area contributed by atoms with E-state index in [4.69, 9.17) is 4.42 Å². The van der Waals surface area contributed by atoms with Gasteiger partial charge in [0.1, 0.15) is 15.4 Å². The molecule has 5 nitrogen and oxygen atoms in total. The van der Waals surface area contributed by atoms with Gasteiger partial charge in [0.2, 0.25) is 0 Å². The highest BCUT2D eigenvalue weighted by molar-refractivity contribution is 7.90. The highest BCUT2D eigenvalue weighted by Gasteiger charge is 2.19. The SMILES string of the molecule is Cc1c(C(=O)NCCS(C)(=O)=O)oc2c1ccc1ccccc12. The summed E-state index contributed by atoms with van der Waals surface area (Å²) in [5.41, 5.74) is 1.43.